The number of guanidine groups is 1. The second-order valence-electron chi connectivity index (χ2n) is 6.51. The predicted octanol–water partition coefficient (Wildman–Crippen LogP) is 3.31. The number of hydrogen-bond acceptors (Lipinski definition) is 2. The molecule has 2 N–H and O–H groups in total. The molecule has 0 aromatic heterocycles. The normalized spacial score (nSPS) is 15.3. The molecule has 2 rings (SSSR count). The van der Waals surface area contributed by atoms with Crippen LogP contribution in [0.3, 0.4) is 0 Å². The third-order valence-corrected chi connectivity index (χ3v) is 4.97. The highest BCUT2D eigenvalue weighted by Crippen LogP contribution is 2.20. The highest BCUT2D eigenvalue weighted by atomic mass is 127. The highest BCUT2D eigenvalue weighted by Gasteiger charge is 2.22. The first kappa shape index (κ1) is 23.0. The van der Waals surface area contributed by atoms with Crippen LogP contribution in [0.15, 0.2) is 29.3 Å². The maximum Gasteiger partial charge on any atom is 0.220 e. The van der Waals surface area contributed by atoms with E-state index in [9.17, 15) is 4.79 Å². The number of hydrogen-bond donors (Lipinski definition) is 2. The molecular weight excluding hydrogens is 463 g/mol. The molecule has 0 bridgehead atoms. The second kappa shape index (κ2) is 12.4. The Morgan fingerprint density at radius 3 is 2.50 bits per heavy atom. The first-order valence-corrected chi connectivity index (χ1v) is 9.40. The number of aryl methyl sites for hydroxylation is 1. The van der Waals surface area contributed by atoms with Crippen molar-refractivity contribution >= 4 is 47.4 Å². The van der Waals surface area contributed by atoms with Crippen LogP contribution in [0.5, 0.6) is 0 Å². The number of nitrogens with one attached hydrogen (secondary N) is 2. The fraction of sp³-hybridized carbons (Fsp3) is 0.579. The van der Waals surface area contributed by atoms with Crippen molar-refractivity contribution < 1.29 is 4.79 Å². The van der Waals surface area contributed by atoms with Crippen LogP contribution in [0, 0.1) is 5.92 Å². The Bertz CT molecular complexity index is 571. The van der Waals surface area contributed by atoms with Crippen molar-refractivity contribution in [3.63, 3.8) is 0 Å². The summed E-state index contributed by atoms with van der Waals surface area (Å²) in [6.45, 7) is 2.81. The van der Waals surface area contributed by atoms with Crippen molar-refractivity contribution in [3.05, 3.63) is 34.9 Å². The van der Waals surface area contributed by atoms with Crippen molar-refractivity contribution in [2.75, 3.05) is 33.7 Å². The lowest BCUT2D eigenvalue weighted by Gasteiger charge is -2.34. The summed E-state index contributed by atoms with van der Waals surface area (Å²) in [6, 6.07) is 8.03. The van der Waals surface area contributed by atoms with E-state index in [1.807, 2.05) is 19.2 Å². The van der Waals surface area contributed by atoms with Gasteiger partial charge in [-0.15, -0.1) is 24.0 Å². The van der Waals surface area contributed by atoms with Gasteiger partial charge in [0, 0.05) is 45.2 Å². The van der Waals surface area contributed by atoms with Gasteiger partial charge in [-0.2, -0.15) is 0 Å². The van der Waals surface area contributed by atoms with Crippen LogP contribution < -0.4 is 10.6 Å². The van der Waals surface area contributed by atoms with E-state index in [-0.39, 0.29) is 29.9 Å². The zero-order chi connectivity index (χ0) is 18.1. The van der Waals surface area contributed by atoms with Gasteiger partial charge >= 0.3 is 0 Å². The van der Waals surface area contributed by atoms with Crippen molar-refractivity contribution in [2.45, 2.75) is 32.1 Å². The topological polar surface area (TPSA) is 56.7 Å². The van der Waals surface area contributed by atoms with E-state index < -0.39 is 0 Å². The molecule has 1 fully saturated rings. The van der Waals surface area contributed by atoms with Crippen molar-refractivity contribution in [2.24, 2.45) is 10.9 Å². The molecule has 0 radical (unpaired) electrons. The molecule has 0 saturated carbocycles. The number of halogens is 2. The van der Waals surface area contributed by atoms with Gasteiger partial charge in [0.25, 0.3) is 0 Å². The quantitative estimate of drug-likeness (QED) is 0.277. The fourth-order valence-electron chi connectivity index (χ4n) is 3.19. The monoisotopic (exact) mass is 492 g/mol. The minimum absolute atomic E-state index is 0. The highest BCUT2D eigenvalue weighted by molar-refractivity contribution is 14.0. The largest absolute Gasteiger partial charge is 0.359 e. The van der Waals surface area contributed by atoms with Gasteiger partial charge in [-0.25, -0.2) is 0 Å². The third-order valence-electron chi connectivity index (χ3n) is 4.72. The summed E-state index contributed by atoms with van der Waals surface area (Å²) in [5.41, 5.74) is 1.30. The second-order valence-corrected chi connectivity index (χ2v) is 6.95. The van der Waals surface area contributed by atoms with Gasteiger partial charge in [0.1, 0.15) is 0 Å². The molecule has 5 nitrogen and oxygen atoms in total. The van der Waals surface area contributed by atoms with Crippen LogP contribution in [0.2, 0.25) is 5.02 Å². The van der Waals surface area contributed by atoms with Gasteiger partial charge in [-0.1, -0.05) is 23.7 Å². The number of carbonyl (C=O) groups excluding carboxylic acids is 1. The standard InChI is InChI=1S/C19H29ClN4O.HI/c1-21-18(25)14-16-9-12-24(13-10-16)19(22-2)23-11-3-4-15-5-7-17(20)8-6-15;/h5-8,16H,3-4,9-14H2,1-2H3,(H,21,25)(H,22,23);1H. The summed E-state index contributed by atoms with van der Waals surface area (Å²) >= 11 is 5.91. The van der Waals surface area contributed by atoms with Gasteiger partial charge in [-0.3, -0.25) is 9.79 Å². The Balaban J connectivity index is 0.00000338. The number of aliphatic imine (C=N–C) groups is 1. The Hall–Kier alpha value is -1.02. The molecule has 1 amide bonds. The average molecular weight is 493 g/mol. The number of piperidine rings is 1. The summed E-state index contributed by atoms with van der Waals surface area (Å²) in [5, 5.41) is 6.95. The first-order valence-electron chi connectivity index (χ1n) is 9.03. The molecule has 0 atom stereocenters. The van der Waals surface area contributed by atoms with Gasteiger partial charge in [0.2, 0.25) is 5.91 Å². The number of benzene rings is 1. The summed E-state index contributed by atoms with van der Waals surface area (Å²) in [7, 11) is 3.53. The lowest BCUT2D eigenvalue weighted by atomic mass is 9.93. The molecule has 1 aromatic carbocycles. The zero-order valence-corrected chi connectivity index (χ0v) is 18.7. The van der Waals surface area contributed by atoms with Crippen molar-refractivity contribution in [3.8, 4) is 0 Å². The molecule has 1 aromatic rings. The summed E-state index contributed by atoms with van der Waals surface area (Å²) in [4.78, 5) is 18.2. The van der Waals surface area contributed by atoms with E-state index in [1.54, 1.807) is 7.05 Å². The van der Waals surface area contributed by atoms with Gasteiger partial charge in [0.05, 0.1) is 0 Å². The number of likely N-dealkylation sites (tertiary alicyclic amines) is 1. The van der Waals surface area contributed by atoms with Crippen LogP contribution in [0.1, 0.15) is 31.2 Å². The summed E-state index contributed by atoms with van der Waals surface area (Å²) < 4.78 is 0. The van der Waals surface area contributed by atoms with Gasteiger partial charge < -0.3 is 15.5 Å². The van der Waals surface area contributed by atoms with E-state index in [2.05, 4.69) is 32.7 Å². The van der Waals surface area contributed by atoms with Crippen LogP contribution in [-0.2, 0) is 11.2 Å². The van der Waals surface area contributed by atoms with Crippen molar-refractivity contribution in [1.29, 1.82) is 0 Å². The minimum atomic E-state index is 0. The van der Waals surface area contributed by atoms with Crippen molar-refractivity contribution in [1.82, 2.24) is 15.5 Å². The Labute approximate surface area is 179 Å². The smallest absolute Gasteiger partial charge is 0.220 e. The van der Waals surface area contributed by atoms with E-state index in [0.29, 0.717) is 12.3 Å². The molecule has 0 aliphatic carbocycles. The van der Waals surface area contributed by atoms with E-state index in [4.69, 9.17) is 11.6 Å². The Morgan fingerprint density at radius 1 is 1.27 bits per heavy atom. The maximum absolute atomic E-state index is 11.5. The molecule has 1 saturated heterocycles. The molecule has 1 aliphatic heterocycles. The van der Waals surface area contributed by atoms with E-state index in [0.717, 1.165) is 56.3 Å². The van der Waals surface area contributed by atoms with Crippen LogP contribution in [0.4, 0.5) is 0 Å². The first-order chi connectivity index (χ1) is 12.1. The van der Waals surface area contributed by atoms with E-state index >= 15 is 0 Å². The fourth-order valence-corrected chi connectivity index (χ4v) is 3.32. The van der Waals surface area contributed by atoms with Gasteiger partial charge in [-0.05, 0) is 49.3 Å². The minimum Gasteiger partial charge on any atom is -0.359 e. The lowest BCUT2D eigenvalue weighted by molar-refractivity contribution is -0.121. The van der Waals surface area contributed by atoms with Crippen LogP contribution in [-0.4, -0.2) is 50.5 Å². The molecule has 0 unspecified atom stereocenters. The average Bonchev–Trinajstić information content (AvgIpc) is 2.64. The number of amides is 1. The molecular formula is C19H30ClIN4O. The summed E-state index contributed by atoms with van der Waals surface area (Å²) in [5.74, 6) is 1.59. The number of carbonyl (C=O) groups is 1. The van der Waals surface area contributed by atoms with Crippen LogP contribution in [0.25, 0.3) is 0 Å². The molecule has 7 heteroatoms. The summed E-state index contributed by atoms with van der Waals surface area (Å²) in [6.07, 6.45) is 4.79. The van der Waals surface area contributed by atoms with E-state index in [1.165, 1.54) is 5.56 Å². The third kappa shape index (κ3) is 7.70. The molecule has 26 heavy (non-hydrogen) atoms. The van der Waals surface area contributed by atoms with Crippen LogP contribution >= 0.6 is 35.6 Å². The Kier molecular flexibility index (Phi) is 11.0. The number of rotatable bonds is 6. The predicted molar refractivity (Wildman–Crippen MR) is 120 cm³/mol. The SMILES string of the molecule is CN=C(NCCCc1ccc(Cl)cc1)N1CCC(CC(=O)NC)CC1.I. The lowest BCUT2D eigenvalue weighted by Crippen LogP contribution is -2.46. The Morgan fingerprint density at radius 2 is 1.92 bits per heavy atom. The maximum atomic E-state index is 11.5. The molecule has 1 heterocycles. The molecule has 1 aliphatic rings. The zero-order valence-electron chi connectivity index (χ0n) is 15.6. The molecule has 146 valence electrons. The number of nitrogens with zero attached hydrogens (tertiary/aromatic N) is 2. The molecule has 0 spiro atoms. The van der Waals surface area contributed by atoms with Gasteiger partial charge in [0.15, 0.2) is 5.96 Å².